The van der Waals surface area contributed by atoms with Gasteiger partial charge in [0.1, 0.15) is 11.5 Å². The van der Waals surface area contributed by atoms with Gasteiger partial charge in [0, 0.05) is 0 Å². The first kappa shape index (κ1) is 16.1. The van der Waals surface area contributed by atoms with E-state index in [1.165, 1.54) is 24.8 Å². The number of hydrogen-bond acceptors (Lipinski definition) is 4. The highest BCUT2D eigenvalue weighted by Crippen LogP contribution is 2.35. The Balaban J connectivity index is 2.10. The summed E-state index contributed by atoms with van der Waals surface area (Å²) >= 11 is 0. The van der Waals surface area contributed by atoms with Gasteiger partial charge in [-0.25, -0.2) is 0 Å². The zero-order valence-electron chi connectivity index (χ0n) is 12.9. The minimum atomic E-state index is -4.05. The Kier molecular flexibility index (Phi) is 4.46. The molecule has 0 fully saturated rings. The third kappa shape index (κ3) is 3.76. The summed E-state index contributed by atoms with van der Waals surface area (Å²) in [5.41, 5.74) is 2.20. The van der Waals surface area contributed by atoms with Gasteiger partial charge in [0.2, 0.25) is 0 Å². The average molecular weight is 335 g/mol. The monoisotopic (exact) mass is 335 g/mol. The van der Waals surface area contributed by atoms with E-state index in [1.54, 1.807) is 18.2 Å². The summed E-state index contributed by atoms with van der Waals surface area (Å²) in [6.07, 6.45) is 7.61. The summed E-state index contributed by atoms with van der Waals surface area (Å²) in [7, 11) is -4.05. The average Bonchev–Trinajstić information content (AvgIpc) is 2.57. The lowest BCUT2D eigenvalue weighted by Gasteiger charge is -2.15. The number of rotatable bonds is 2. The van der Waals surface area contributed by atoms with E-state index in [4.69, 9.17) is 9.32 Å². The van der Waals surface area contributed by atoms with Crippen molar-refractivity contribution in [3.63, 3.8) is 0 Å². The summed E-state index contributed by atoms with van der Waals surface area (Å²) in [5.74, 6) is 0.435. The van der Waals surface area contributed by atoms with Crippen molar-refractivity contribution in [3.8, 4) is 11.5 Å². The molecule has 3 N–H and O–H groups in total. The highest BCUT2D eigenvalue weighted by atomic mass is 32.2. The molecule has 0 aromatic heterocycles. The van der Waals surface area contributed by atoms with Crippen LogP contribution in [-0.2, 0) is 23.1 Å². The smallest absolute Gasteiger partial charge is 0.380 e. The molecule has 0 atom stereocenters. The third-order valence-electron chi connectivity index (χ3n) is 4.38. The molecule has 6 heteroatoms. The standard InChI is InChI=1S/C17H21NO4S/c18-23(20,21)22-13-8-9-14-12(10-13)11-17(19)16-7-5-3-1-2-4-6-15(14)16/h8-11,19H,1-7H2,(H2,18,20,21). The molecule has 124 valence electrons. The fourth-order valence-corrected chi connectivity index (χ4v) is 3.74. The van der Waals surface area contributed by atoms with Crippen LogP contribution < -0.4 is 9.32 Å². The Hall–Kier alpha value is -1.79. The van der Waals surface area contributed by atoms with Gasteiger partial charge in [-0.1, -0.05) is 25.3 Å². The molecule has 0 radical (unpaired) electrons. The molecule has 0 bridgehead atoms. The maximum atomic E-state index is 11.1. The summed E-state index contributed by atoms with van der Waals surface area (Å²) in [6.45, 7) is 0. The first-order valence-corrected chi connectivity index (χ1v) is 9.41. The summed E-state index contributed by atoms with van der Waals surface area (Å²) in [4.78, 5) is 0. The van der Waals surface area contributed by atoms with E-state index in [0.29, 0.717) is 0 Å². The molecule has 5 nitrogen and oxygen atoms in total. The lowest BCUT2D eigenvalue weighted by Crippen LogP contribution is -2.18. The highest BCUT2D eigenvalue weighted by molar-refractivity contribution is 7.84. The van der Waals surface area contributed by atoms with Crippen molar-refractivity contribution in [2.45, 2.75) is 44.9 Å². The fraction of sp³-hybridized carbons (Fsp3) is 0.412. The Bertz CT molecular complexity index is 830. The summed E-state index contributed by atoms with van der Waals surface area (Å²) < 4.78 is 26.9. The maximum absolute atomic E-state index is 11.1. The van der Waals surface area contributed by atoms with Gasteiger partial charge in [0.15, 0.2) is 0 Å². The largest absolute Gasteiger partial charge is 0.508 e. The van der Waals surface area contributed by atoms with Crippen LogP contribution in [0.5, 0.6) is 11.5 Å². The lowest BCUT2D eigenvalue weighted by molar-refractivity contribution is 0.466. The van der Waals surface area contributed by atoms with Crippen LogP contribution in [0.1, 0.15) is 43.2 Å². The molecule has 0 spiro atoms. The number of aryl methyl sites for hydroxylation is 1. The number of aromatic hydroxyl groups is 1. The van der Waals surface area contributed by atoms with Gasteiger partial charge < -0.3 is 9.29 Å². The molecule has 2 aromatic carbocycles. The molecular formula is C17H21NO4S. The molecule has 23 heavy (non-hydrogen) atoms. The number of fused-ring (bicyclic) bond motifs is 3. The van der Waals surface area contributed by atoms with Gasteiger partial charge >= 0.3 is 10.3 Å². The van der Waals surface area contributed by atoms with Gasteiger partial charge in [-0.15, -0.1) is 0 Å². The molecule has 0 unspecified atom stereocenters. The third-order valence-corrected chi connectivity index (χ3v) is 4.80. The van der Waals surface area contributed by atoms with Gasteiger partial charge in [-0.2, -0.15) is 13.6 Å². The molecule has 1 aliphatic rings. The van der Waals surface area contributed by atoms with E-state index in [1.807, 2.05) is 6.07 Å². The van der Waals surface area contributed by atoms with Crippen molar-refractivity contribution in [1.29, 1.82) is 0 Å². The van der Waals surface area contributed by atoms with Crippen LogP contribution in [0.4, 0.5) is 0 Å². The minimum Gasteiger partial charge on any atom is -0.508 e. The van der Waals surface area contributed by atoms with Crippen molar-refractivity contribution in [2.24, 2.45) is 5.14 Å². The van der Waals surface area contributed by atoms with E-state index >= 15 is 0 Å². The van der Waals surface area contributed by atoms with Crippen molar-refractivity contribution in [1.82, 2.24) is 0 Å². The fourth-order valence-electron chi connectivity index (χ4n) is 3.37. The van der Waals surface area contributed by atoms with Crippen LogP contribution in [0.2, 0.25) is 0 Å². The Morgan fingerprint density at radius 1 is 0.957 bits per heavy atom. The second kappa shape index (κ2) is 6.37. The van der Waals surface area contributed by atoms with Crippen LogP contribution >= 0.6 is 0 Å². The molecule has 0 saturated carbocycles. The van der Waals surface area contributed by atoms with E-state index in [-0.39, 0.29) is 11.5 Å². The number of phenols is 1. The van der Waals surface area contributed by atoms with Crippen molar-refractivity contribution in [3.05, 3.63) is 35.4 Å². The lowest BCUT2D eigenvalue weighted by atomic mass is 9.92. The second-order valence-corrected chi connectivity index (χ2v) is 7.23. The number of phenolic OH excluding ortho intramolecular Hbond substituents is 1. The van der Waals surface area contributed by atoms with Gasteiger partial charge in [-0.3, -0.25) is 0 Å². The van der Waals surface area contributed by atoms with Crippen molar-refractivity contribution < 1.29 is 17.7 Å². The predicted octanol–water partition coefficient (Wildman–Crippen LogP) is 3.18. The molecule has 0 saturated heterocycles. The molecule has 0 heterocycles. The van der Waals surface area contributed by atoms with Crippen molar-refractivity contribution >= 4 is 21.1 Å². The Morgan fingerprint density at radius 3 is 2.30 bits per heavy atom. The number of benzene rings is 2. The SMILES string of the molecule is NS(=O)(=O)Oc1ccc2c3c(c(O)cc2c1)CCCCCCC3. The van der Waals surface area contributed by atoms with E-state index in [2.05, 4.69) is 0 Å². The van der Waals surface area contributed by atoms with Gasteiger partial charge in [-0.05, 0) is 65.8 Å². The van der Waals surface area contributed by atoms with Crippen LogP contribution in [0, 0.1) is 0 Å². The van der Waals surface area contributed by atoms with E-state index in [0.717, 1.165) is 42.0 Å². The number of hydrogen-bond donors (Lipinski definition) is 2. The van der Waals surface area contributed by atoms with Crippen LogP contribution in [0.3, 0.4) is 0 Å². The van der Waals surface area contributed by atoms with Gasteiger partial charge in [0.05, 0.1) is 0 Å². The Morgan fingerprint density at radius 2 is 1.61 bits per heavy atom. The maximum Gasteiger partial charge on any atom is 0.380 e. The van der Waals surface area contributed by atoms with Crippen LogP contribution in [-0.4, -0.2) is 13.5 Å². The normalized spacial score (nSPS) is 16.2. The van der Waals surface area contributed by atoms with Gasteiger partial charge in [0.25, 0.3) is 0 Å². The highest BCUT2D eigenvalue weighted by Gasteiger charge is 2.15. The molecule has 3 rings (SSSR count). The summed E-state index contributed by atoms with van der Waals surface area (Å²) in [6, 6.07) is 6.75. The first-order valence-electron chi connectivity index (χ1n) is 7.94. The van der Waals surface area contributed by atoms with Crippen LogP contribution in [0.25, 0.3) is 10.8 Å². The minimum absolute atomic E-state index is 0.155. The topological polar surface area (TPSA) is 89.6 Å². The Labute approximate surface area is 136 Å². The molecule has 0 amide bonds. The zero-order chi connectivity index (χ0) is 16.4. The zero-order valence-corrected chi connectivity index (χ0v) is 13.7. The number of nitrogens with two attached hydrogens (primary N) is 1. The first-order chi connectivity index (χ1) is 10.9. The summed E-state index contributed by atoms with van der Waals surface area (Å²) in [5, 5.41) is 17.1. The second-order valence-electron chi connectivity index (χ2n) is 6.08. The molecule has 0 aliphatic heterocycles. The molecule has 2 aromatic rings. The van der Waals surface area contributed by atoms with Crippen LogP contribution in [0.15, 0.2) is 24.3 Å². The molecular weight excluding hydrogens is 314 g/mol. The molecule has 1 aliphatic carbocycles. The van der Waals surface area contributed by atoms with Crippen molar-refractivity contribution in [2.75, 3.05) is 0 Å². The van der Waals surface area contributed by atoms with E-state index in [9.17, 15) is 13.5 Å². The quantitative estimate of drug-likeness (QED) is 0.882. The van der Waals surface area contributed by atoms with E-state index < -0.39 is 10.3 Å². The predicted molar refractivity (Wildman–Crippen MR) is 89.8 cm³/mol.